The topological polar surface area (TPSA) is 12.0 Å². The first kappa shape index (κ1) is 14.1. The van der Waals surface area contributed by atoms with Crippen molar-refractivity contribution in [3.8, 4) is 0 Å². The van der Waals surface area contributed by atoms with Crippen molar-refractivity contribution in [3.63, 3.8) is 0 Å². The number of anilines is 1. The first-order chi connectivity index (χ1) is 9.04. The average molecular weight is 322 g/mol. The van der Waals surface area contributed by atoms with Crippen LogP contribution in [0.4, 0.5) is 10.1 Å². The van der Waals surface area contributed by atoms with Crippen molar-refractivity contribution in [2.75, 3.05) is 5.32 Å². The number of aryl methyl sites for hydroxylation is 1. The Bertz CT molecular complexity index is 551. The SMILES string of the molecule is Cc1ccc(Br)c(NC(C)Cc2ccc(F)cc2)c1. The number of halogens is 2. The summed E-state index contributed by atoms with van der Waals surface area (Å²) in [5, 5.41) is 3.47. The number of benzene rings is 2. The predicted molar refractivity (Wildman–Crippen MR) is 82.1 cm³/mol. The Balaban J connectivity index is 2.02. The van der Waals surface area contributed by atoms with Crippen molar-refractivity contribution >= 4 is 21.6 Å². The maximum Gasteiger partial charge on any atom is 0.123 e. The Morgan fingerprint density at radius 2 is 1.84 bits per heavy atom. The second-order valence-electron chi connectivity index (χ2n) is 4.86. The van der Waals surface area contributed by atoms with Crippen molar-refractivity contribution in [3.05, 3.63) is 63.9 Å². The van der Waals surface area contributed by atoms with Gasteiger partial charge in [0.2, 0.25) is 0 Å². The number of hydrogen-bond acceptors (Lipinski definition) is 1. The van der Waals surface area contributed by atoms with E-state index in [1.165, 1.54) is 17.7 Å². The summed E-state index contributed by atoms with van der Waals surface area (Å²) in [4.78, 5) is 0. The van der Waals surface area contributed by atoms with Crippen LogP contribution in [-0.2, 0) is 6.42 Å². The Kier molecular flexibility index (Phi) is 4.59. The molecular formula is C16H17BrFN. The second kappa shape index (κ2) is 6.20. The molecule has 2 aromatic rings. The molecule has 0 spiro atoms. The van der Waals surface area contributed by atoms with Gasteiger partial charge in [-0.1, -0.05) is 18.2 Å². The molecule has 0 aliphatic rings. The summed E-state index contributed by atoms with van der Waals surface area (Å²) in [5.41, 5.74) is 3.44. The van der Waals surface area contributed by atoms with E-state index in [1.54, 1.807) is 0 Å². The summed E-state index contributed by atoms with van der Waals surface area (Å²) < 4.78 is 13.9. The lowest BCUT2D eigenvalue weighted by Gasteiger charge is -2.17. The molecule has 1 unspecified atom stereocenters. The Labute approximate surface area is 122 Å². The minimum Gasteiger partial charge on any atom is -0.381 e. The predicted octanol–water partition coefficient (Wildman–Crippen LogP) is 4.94. The molecule has 0 fully saturated rings. The van der Waals surface area contributed by atoms with E-state index < -0.39 is 0 Å². The maximum absolute atomic E-state index is 12.8. The Morgan fingerprint density at radius 3 is 2.53 bits per heavy atom. The van der Waals surface area contributed by atoms with E-state index in [1.807, 2.05) is 18.2 Å². The van der Waals surface area contributed by atoms with Crippen molar-refractivity contribution in [1.29, 1.82) is 0 Å². The molecule has 1 N–H and O–H groups in total. The van der Waals surface area contributed by atoms with Gasteiger partial charge >= 0.3 is 0 Å². The van der Waals surface area contributed by atoms with E-state index in [0.29, 0.717) is 0 Å². The molecule has 100 valence electrons. The molecule has 2 rings (SSSR count). The minimum absolute atomic E-state index is 0.189. The fraction of sp³-hybridized carbons (Fsp3) is 0.250. The molecule has 2 aromatic carbocycles. The van der Waals surface area contributed by atoms with Gasteiger partial charge in [0, 0.05) is 16.2 Å². The van der Waals surface area contributed by atoms with Crippen molar-refractivity contribution in [1.82, 2.24) is 0 Å². The highest BCUT2D eigenvalue weighted by Gasteiger charge is 2.06. The summed E-state index contributed by atoms with van der Waals surface area (Å²) in [6.07, 6.45) is 0.862. The fourth-order valence-corrected chi connectivity index (χ4v) is 2.40. The van der Waals surface area contributed by atoms with Crippen LogP contribution in [0.1, 0.15) is 18.1 Å². The Hall–Kier alpha value is -1.35. The molecule has 1 nitrogen and oxygen atoms in total. The molecule has 0 heterocycles. The molecule has 0 radical (unpaired) electrons. The first-order valence-corrected chi connectivity index (χ1v) is 7.11. The molecular weight excluding hydrogens is 305 g/mol. The normalized spacial score (nSPS) is 12.2. The molecule has 19 heavy (non-hydrogen) atoms. The van der Waals surface area contributed by atoms with E-state index in [9.17, 15) is 4.39 Å². The summed E-state index contributed by atoms with van der Waals surface area (Å²) in [6.45, 7) is 4.19. The summed E-state index contributed by atoms with van der Waals surface area (Å²) >= 11 is 3.54. The van der Waals surface area contributed by atoms with Gasteiger partial charge in [-0.15, -0.1) is 0 Å². The van der Waals surface area contributed by atoms with E-state index in [4.69, 9.17) is 0 Å². The van der Waals surface area contributed by atoms with E-state index in [0.717, 1.165) is 22.1 Å². The van der Waals surface area contributed by atoms with Crippen LogP contribution >= 0.6 is 15.9 Å². The van der Waals surface area contributed by atoms with Crippen LogP contribution in [0.5, 0.6) is 0 Å². The lowest BCUT2D eigenvalue weighted by molar-refractivity contribution is 0.626. The molecule has 0 aliphatic heterocycles. The van der Waals surface area contributed by atoms with E-state index in [2.05, 4.69) is 47.2 Å². The van der Waals surface area contributed by atoms with E-state index in [-0.39, 0.29) is 11.9 Å². The van der Waals surface area contributed by atoms with Gasteiger partial charge in [-0.3, -0.25) is 0 Å². The van der Waals surface area contributed by atoms with Crippen molar-refractivity contribution in [2.24, 2.45) is 0 Å². The summed E-state index contributed by atoms with van der Waals surface area (Å²) in [6, 6.07) is 13.2. The molecule has 0 amide bonds. The third-order valence-electron chi connectivity index (χ3n) is 2.98. The van der Waals surface area contributed by atoms with Crippen LogP contribution in [-0.4, -0.2) is 6.04 Å². The molecule has 1 atom stereocenters. The van der Waals surface area contributed by atoms with Gasteiger partial charge < -0.3 is 5.32 Å². The van der Waals surface area contributed by atoms with E-state index >= 15 is 0 Å². The quantitative estimate of drug-likeness (QED) is 0.841. The third kappa shape index (κ3) is 4.06. The number of rotatable bonds is 4. The van der Waals surface area contributed by atoms with Crippen LogP contribution in [0.3, 0.4) is 0 Å². The second-order valence-corrected chi connectivity index (χ2v) is 5.71. The van der Waals surface area contributed by atoms with Crippen LogP contribution in [0.2, 0.25) is 0 Å². The maximum atomic E-state index is 12.8. The van der Waals surface area contributed by atoms with Gasteiger partial charge in [0.15, 0.2) is 0 Å². The molecule has 0 aromatic heterocycles. The van der Waals surface area contributed by atoms with Crippen LogP contribution < -0.4 is 5.32 Å². The standard InChI is InChI=1S/C16H17BrFN/c1-11-3-8-15(17)16(9-11)19-12(2)10-13-4-6-14(18)7-5-13/h3-9,12,19H,10H2,1-2H3. The molecule has 0 bridgehead atoms. The van der Waals surface area contributed by atoms with Crippen molar-refractivity contribution < 1.29 is 4.39 Å². The largest absolute Gasteiger partial charge is 0.381 e. The zero-order valence-corrected chi connectivity index (χ0v) is 12.7. The number of hydrogen-bond donors (Lipinski definition) is 1. The lowest BCUT2D eigenvalue weighted by Crippen LogP contribution is -2.18. The first-order valence-electron chi connectivity index (χ1n) is 6.32. The monoisotopic (exact) mass is 321 g/mol. The van der Waals surface area contributed by atoms with Gasteiger partial charge in [-0.2, -0.15) is 0 Å². The highest BCUT2D eigenvalue weighted by molar-refractivity contribution is 9.10. The van der Waals surface area contributed by atoms with Gasteiger partial charge in [-0.25, -0.2) is 4.39 Å². The lowest BCUT2D eigenvalue weighted by atomic mass is 10.1. The molecule has 0 saturated heterocycles. The van der Waals surface area contributed by atoms with Gasteiger partial charge in [0.25, 0.3) is 0 Å². The number of nitrogens with one attached hydrogen (secondary N) is 1. The van der Waals surface area contributed by atoms with Crippen LogP contribution in [0.15, 0.2) is 46.9 Å². The minimum atomic E-state index is -0.189. The van der Waals surface area contributed by atoms with Crippen LogP contribution in [0, 0.1) is 12.7 Å². The van der Waals surface area contributed by atoms with Gasteiger partial charge in [-0.05, 0) is 71.6 Å². The Morgan fingerprint density at radius 1 is 1.16 bits per heavy atom. The van der Waals surface area contributed by atoms with Gasteiger partial charge in [0.05, 0.1) is 0 Å². The molecule has 3 heteroatoms. The molecule has 0 saturated carbocycles. The fourth-order valence-electron chi connectivity index (χ4n) is 2.04. The summed E-state index contributed by atoms with van der Waals surface area (Å²) in [5.74, 6) is -0.189. The summed E-state index contributed by atoms with van der Waals surface area (Å²) in [7, 11) is 0. The third-order valence-corrected chi connectivity index (χ3v) is 3.67. The van der Waals surface area contributed by atoms with Crippen molar-refractivity contribution in [2.45, 2.75) is 26.3 Å². The average Bonchev–Trinajstić information content (AvgIpc) is 2.37. The highest BCUT2D eigenvalue weighted by atomic mass is 79.9. The molecule has 0 aliphatic carbocycles. The highest BCUT2D eigenvalue weighted by Crippen LogP contribution is 2.24. The van der Waals surface area contributed by atoms with Crippen LogP contribution in [0.25, 0.3) is 0 Å². The zero-order valence-electron chi connectivity index (χ0n) is 11.1. The smallest absolute Gasteiger partial charge is 0.123 e. The zero-order chi connectivity index (χ0) is 13.8. The van der Waals surface area contributed by atoms with Gasteiger partial charge in [0.1, 0.15) is 5.82 Å².